The summed E-state index contributed by atoms with van der Waals surface area (Å²) in [5, 5.41) is 3.20. The lowest BCUT2D eigenvalue weighted by molar-refractivity contribution is 0.316. The fourth-order valence-electron chi connectivity index (χ4n) is 3.85. The minimum atomic E-state index is 0.633. The fourth-order valence-corrected chi connectivity index (χ4v) is 3.97. The number of nitrogens with two attached hydrogens (primary N) is 1. The molecule has 0 radical (unpaired) electrons. The van der Waals surface area contributed by atoms with Gasteiger partial charge in [0.05, 0.1) is 10.7 Å². The van der Waals surface area contributed by atoms with E-state index in [1.807, 2.05) is 24.5 Å². The summed E-state index contributed by atoms with van der Waals surface area (Å²) in [7, 11) is 0. The minimum absolute atomic E-state index is 0.633. The Morgan fingerprint density at radius 2 is 2.12 bits per heavy atom. The first-order valence-corrected chi connectivity index (χ1v) is 9.15. The SMILES string of the molecule is Nc1cc(CN2CCC(Cc3cccc4cnccc34)C2)ccc1Cl. The lowest BCUT2D eigenvalue weighted by Gasteiger charge is -2.17. The molecule has 4 rings (SSSR count). The first-order chi connectivity index (χ1) is 12.2. The number of likely N-dealkylation sites (tertiary alicyclic amines) is 1. The van der Waals surface area contributed by atoms with Crippen molar-refractivity contribution >= 4 is 28.1 Å². The molecular weight excluding hydrogens is 330 g/mol. The predicted octanol–water partition coefficient (Wildman–Crippen LogP) is 4.54. The Labute approximate surface area is 153 Å². The Balaban J connectivity index is 1.43. The summed E-state index contributed by atoms with van der Waals surface area (Å²) in [4.78, 5) is 6.74. The van der Waals surface area contributed by atoms with Crippen LogP contribution in [0.1, 0.15) is 17.5 Å². The molecule has 0 saturated carbocycles. The third-order valence-electron chi connectivity index (χ3n) is 5.12. The number of fused-ring (bicyclic) bond motifs is 1. The summed E-state index contributed by atoms with van der Waals surface area (Å²) in [6.07, 6.45) is 6.20. The Bertz CT molecular complexity index is 888. The molecule has 3 nitrogen and oxygen atoms in total. The second kappa shape index (κ2) is 7.03. The molecule has 1 aliphatic heterocycles. The van der Waals surface area contributed by atoms with Gasteiger partial charge in [0.15, 0.2) is 0 Å². The van der Waals surface area contributed by atoms with Gasteiger partial charge in [-0.25, -0.2) is 0 Å². The number of rotatable bonds is 4. The highest BCUT2D eigenvalue weighted by molar-refractivity contribution is 6.33. The molecule has 1 aliphatic rings. The van der Waals surface area contributed by atoms with E-state index in [2.05, 4.69) is 40.2 Å². The maximum absolute atomic E-state index is 6.02. The molecule has 1 aromatic heterocycles. The number of anilines is 1. The van der Waals surface area contributed by atoms with Crippen LogP contribution in [0.4, 0.5) is 5.69 Å². The van der Waals surface area contributed by atoms with E-state index in [0.29, 0.717) is 16.6 Å². The zero-order valence-corrected chi connectivity index (χ0v) is 14.9. The van der Waals surface area contributed by atoms with Crippen molar-refractivity contribution in [3.63, 3.8) is 0 Å². The molecule has 0 amide bonds. The van der Waals surface area contributed by atoms with Crippen LogP contribution in [-0.2, 0) is 13.0 Å². The minimum Gasteiger partial charge on any atom is -0.398 e. The van der Waals surface area contributed by atoms with Crippen molar-refractivity contribution in [1.82, 2.24) is 9.88 Å². The average molecular weight is 352 g/mol. The van der Waals surface area contributed by atoms with Gasteiger partial charge in [-0.05, 0) is 60.0 Å². The second-order valence-corrected chi connectivity index (χ2v) is 7.37. The third-order valence-corrected chi connectivity index (χ3v) is 5.46. The summed E-state index contributed by atoms with van der Waals surface area (Å²) in [5.41, 5.74) is 9.26. The Morgan fingerprint density at radius 1 is 1.20 bits per heavy atom. The van der Waals surface area contributed by atoms with Gasteiger partial charge in [-0.2, -0.15) is 0 Å². The lowest BCUT2D eigenvalue weighted by atomic mass is 9.95. The Kier molecular flexibility index (Phi) is 4.60. The van der Waals surface area contributed by atoms with Crippen LogP contribution in [0.2, 0.25) is 5.02 Å². The Hall–Kier alpha value is -2.10. The van der Waals surface area contributed by atoms with Gasteiger partial charge in [-0.1, -0.05) is 35.9 Å². The highest BCUT2D eigenvalue weighted by Crippen LogP contribution is 2.27. The molecule has 1 fully saturated rings. The molecule has 0 bridgehead atoms. The van der Waals surface area contributed by atoms with E-state index < -0.39 is 0 Å². The number of nitrogen functional groups attached to an aromatic ring is 1. The van der Waals surface area contributed by atoms with E-state index in [4.69, 9.17) is 17.3 Å². The van der Waals surface area contributed by atoms with Crippen molar-refractivity contribution in [2.24, 2.45) is 5.92 Å². The largest absolute Gasteiger partial charge is 0.398 e. The van der Waals surface area contributed by atoms with E-state index in [9.17, 15) is 0 Å². The summed E-state index contributed by atoms with van der Waals surface area (Å²) in [5.74, 6) is 0.698. The molecule has 4 heteroatoms. The van der Waals surface area contributed by atoms with Crippen LogP contribution >= 0.6 is 11.6 Å². The van der Waals surface area contributed by atoms with Gasteiger partial charge >= 0.3 is 0 Å². The average Bonchev–Trinajstić information content (AvgIpc) is 3.05. The molecule has 1 unspecified atom stereocenters. The van der Waals surface area contributed by atoms with E-state index in [0.717, 1.165) is 26.1 Å². The van der Waals surface area contributed by atoms with Crippen molar-refractivity contribution in [3.8, 4) is 0 Å². The zero-order chi connectivity index (χ0) is 17.2. The summed E-state index contributed by atoms with van der Waals surface area (Å²) in [6, 6.07) is 14.6. The highest BCUT2D eigenvalue weighted by atomic mass is 35.5. The van der Waals surface area contributed by atoms with Crippen molar-refractivity contribution in [1.29, 1.82) is 0 Å². The van der Waals surface area contributed by atoms with Gasteiger partial charge in [-0.3, -0.25) is 9.88 Å². The number of hydrogen-bond donors (Lipinski definition) is 1. The van der Waals surface area contributed by atoms with E-state index in [1.165, 1.54) is 28.3 Å². The number of hydrogen-bond acceptors (Lipinski definition) is 3. The molecule has 0 aliphatic carbocycles. The second-order valence-electron chi connectivity index (χ2n) is 6.96. The van der Waals surface area contributed by atoms with Crippen LogP contribution in [0, 0.1) is 5.92 Å². The summed E-state index contributed by atoms with van der Waals surface area (Å²) >= 11 is 6.02. The molecule has 2 N–H and O–H groups in total. The quantitative estimate of drug-likeness (QED) is 0.702. The normalized spacial score (nSPS) is 18.0. The van der Waals surface area contributed by atoms with Crippen LogP contribution in [0.15, 0.2) is 54.9 Å². The number of halogens is 1. The monoisotopic (exact) mass is 351 g/mol. The van der Waals surface area contributed by atoms with Gasteiger partial charge in [0.25, 0.3) is 0 Å². The van der Waals surface area contributed by atoms with Crippen molar-refractivity contribution in [2.75, 3.05) is 18.8 Å². The summed E-state index contributed by atoms with van der Waals surface area (Å²) in [6.45, 7) is 3.21. The molecule has 1 atom stereocenters. The maximum Gasteiger partial charge on any atom is 0.0635 e. The maximum atomic E-state index is 6.02. The number of nitrogens with zero attached hydrogens (tertiary/aromatic N) is 2. The highest BCUT2D eigenvalue weighted by Gasteiger charge is 2.23. The van der Waals surface area contributed by atoms with Crippen molar-refractivity contribution in [3.05, 3.63) is 71.0 Å². The van der Waals surface area contributed by atoms with Gasteiger partial charge in [0, 0.05) is 30.9 Å². The molecule has 2 heterocycles. The van der Waals surface area contributed by atoms with Gasteiger partial charge in [0.2, 0.25) is 0 Å². The first kappa shape index (κ1) is 16.4. The van der Waals surface area contributed by atoms with Crippen LogP contribution in [0.25, 0.3) is 10.8 Å². The fraction of sp³-hybridized carbons (Fsp3) is 0.286. The van der Waals surface area contributed by atoms with E-state index in [1.54, 1.807) is 0 Å². The molecular formula is C21H22ClN3. The smallest absolute Gasteiger partial charge is 0.0635 e. The van der Waals surface area contributed by atoms with Gasteiger partial charge in [0.1, 0.15) is 0 Å². The number of benzene rings is 2. The Morgan fingerprint density at radius 3 is 3.00 bits per heavy atom. The molecule has 25 heavy (non-hydrogen) atoms. The molecule has 128 valence electrons. The van der Waals surface area contributed by atoms with Gasteiger partial charge < -0.3 is 5.73 Å². The molecule has 0 spiro atoms. The number of pyridine rings is 1. The molecule has 3 aromatic rings. The van der Waals surface area contributed by atoms with E-state index in [-0.39, 0.29) is 0 Å². The molecule has 2 aromatic carbocycles. The molecule has 1 saturated heterocycles. The van der Waals surface area contributed by atoms with Gasteiger partial charge in [-0.15, -0.1) is 0 Å². The van der Waals surface area contributed by atoms with Crippen LogP contribution in [0.5, 0.6) is 0 Å². The van der Waals surface area contributed by atoms with Crippen molar-refractivity contribution in [2.45, 2.75) is 19.4 Å². The predicted molar refractivity (Wildman–Crippen MR) is 105 cm³/mol. The van der Waals surface area contributed by atoms with Crippen LogP contribution in [-0.4, -0.2) is 23.0 Å². The standard InChI is InChI=1S/C21H22ClN3/c22-20-5-4-15(11-21(20)23)13-25-9-7-16(14-25)10-17-2-1-3-18-12-24-8-6-19(17)18/h1-6,8,11-12,16H,7,9-10,13-14,23H2. The van der Waals surface area contributed by atoms with Crippen LogP contribution < -0.4 is 5.73 Å². The lowest BCUT2D eigenvalue weighted by Crippen LogP contribution is -2.20. The zero-order valence-electron chi connectivity index (χ0n) is 14.2. The summed E-state index contributed by atoms with van der Waals surface area (Å²) < 4.78 is 0. The van der Waals surface area contributed by atoms with Crippen molar-refractivity contribution < 1.29 is 0 Å². The van der Waals surface area contributed by atoms with Crippen LogP contribution in [0.3, 0.4) is 0 Å². The topological polar surface area (TPSA) is 42.1 Å². The van der Waals surface area contributed by atoms with E-state index >= 15 is 0 Å². The first-order valence-electron chi connectivity index (χ1n) is 8.77. The third kappa shape index (κ3) is 3.63. The number of aromatic nitrogens is 1.